The SMILES string of the molecule is CC(=O)N1CC(C)Oc2ccc(S(=O)(=O)Nc3ccc(F)c(Cl)c3)cc21. The zero-order valence-electron chi connectivity index (χ0n) is 14.0. The molecular weight excluding hydrogens is 383 g/mol. The van der Waals surface area contributed by atoms with Gasteiger partial charge in [-0.15, -0.1) is 0 Å². The first-order chi connectivity index (χ1) is 12.2. The molecule has 1 heterocycles. The number of anilines is 2. The van der Waals surface area contributed by atoms with Crippen molar-refractivity contribution < 1.29 is 22.3 Å². The molecule has 0 radical (unpaired) electrons. The molecule has 0 saturated carbocycles. The van der Waals surface area contributed by atoms with Crippen molar-refractivity contribution in [3.05, 3.63) is 47.2 Å². The number of ether oxygens (including phenoxy) is 1. The Morgan fingerprint density at radius 1 is 1.31 bits per heavy atom. The molecule has 1 N–H and O–H groups in total. The maximum atomic E-state index is 13.2. The zero-order chi connectivity index (χ0) is 19.1. The van der Waals surface area contributed by atoms with E-state index in [1.165, 1.54) is 42.2 Å². The number of amides is 1. The molecule has 0 fully saturated rings. The summed E-state index contributed by atoms with van der Waals surface area (Å²) in [6.07, 6.45) is -0.201. The number of sulfonamides is 1. The van der Waals surface area contributed by atoms with Crippen molar-refractivity contribution in [3.63, 3.8) is 0 Å². The molecule has 0 bridgehead atoms. The number of hydrogen-bond acceptors (Lipinski definition) is 4. The van der Waals surface area contributed by atoms with E-state index >= 15 is 0 Å². The number of carbonyl (C=O) groups excluding carboxylic acids is 1. The minimum absolute atomic E-state index is 0.0545. The summed E-state index contributed by atoms with van der Waals surface area (Å²) in [6.45, 7) is 3.55. The van der Waals surface area contributed by atoms with Gasteiger partial charge < -0.3 is 9.64 Å². The van der Waals surface area contributed by atoms with Gasteiger partial charge in [-0.3, -0.25) is 9.52 Å². The number of nitrogens with one attached hydrogen (secondary N) is 1. The molecule has 0 aromatic heterocycles. The monoisotopic (exact) mass is 398 g/mol. The summed E-state index contributed by atoms with van der Waals surface area (Å²) in [4.78, 5) is 13.3. The molecule has 0 spiro atoms. The molecule has 2 aromatic rings. The van der Waals surface area contributed by atoms with E-state index in [1.54, 1.807) is 0 Å². The van der Waals surface area contributed by atoms with Crippen molar-refractivity contribution in [3.8, 4) is 5.75 Å². The highest BCUT2D eigenvalue weighted by atomic mass is 35.5. The summed E-state index contributed by atoms with van der Waals surface area (Å²) in [5.41, 5.74) is 0.512. The van der Waals surface area contributed by atoms with Gasteiger partial charge in [-0.25, -0.2) is 12.8 Å². The van der Waals surface area contributed by atoms with E-state index in [0.717, 1.165) is 6.07 Å². The quantitative estimate of drug-likeness (QED) is 0.859. The van der Waals surface area contributed by atoms with Gasteiger partial charge in [0.05, 0.1) is 27.8 Å². The molecule has 1 aliphatic rings. The van der Waals surface area contributed by atoms with E-state index in [2.05, 4.69) is 4.72 Å². The Morgan fingerprint density at radius 2 is 2.04 bits per heavy atom. The predicted molar refractivity (Wildman–Crippen MR) is 96.8 cm³/mol. The molecule has 138 valence electrons. The van der Waals surface area contributed by atoms with Gasteiger partial charge in [0, 0.05) is 6.92 Å². The largest absolute Gasteiger partial charge is 0.487 e. The van der Waals surface area contributed by atoms with Crippen LogP contribution < -0.4 is 14.4 Å². The fraction of sp³-hybridized carbons (Fsp3) is 0.235. The van der Waals surface area contributed by atoms with Gasteiger partial charge in [0.2, 0.25) is 5.91 Å². The standard InChI is InChI=1S/C17H16ClFN2O4S/c1-10-9-21(11(2)22)16-8-13(4-6-17(16)25-10)26(23,24)20-12-3-5-15(19)14(18)7-12/h3-8,10,20H,9H2,1-2H3. The summed E-state index contributed by atoms with van der Waals surface area (Å²) in [5, 5.41) is -0.194. The molecule has 1 amide bonds. The predicted octanol–water partition coefficient (Wildman–Crippen LogP) is 3.41. The van der Waals surface area contributed by atoms with E-state index < -0.39 is 15.8 Å². The molecule has 26 heavy (non-hydrogen) atoms. The highest BCUT2D eigenvalue weighted by Gasteiger charge is 2.28. The molecule has 9 heteroatoms. The second kappa shape index (κ2) is 6.77. The molecule has 3 rings (SSSR count). The van der Waals surface area contributed by atoms with E-state index in [0.29, 0.717) is 18.0 Å². The minimum atomic E-state index is -3.96. The van der Waals surface area contributed by atoms with Crippen LogP contribution in [0.25, 0.3) is 0 Å². The molecule has 0 saturated heterocycles. The highest BCUT2D eigenvalue weighted by Crippen LogP contribution is 2.36. The summed E-state index contributed by atoms with van der Waals surface area (Å²) < 4.78 is 46.5. The third kappa shape index (κ3) is 3.61. The van der Waals surface area contributed by atoms with Crippen LogP contribution >= 0.6 is 11.6 Å². The number of halogens is 2. The lowest BCUT2D eigenvalue weighted by atomic mass is 10.2. The lowest BCUT2D eigenvalue weighted by molar-refractivity contribution is -0.117. The Hall–Kier alpha value is -2.32. The number of rotatable bonds is 3. The fourth-order valence-corrected chi connectivity index (χ4v) is 3.91. The van der Waals surface area contributed by atoms with Crippen LogP contribution in [0.3, 0.4) is 0 Å². The normalized spacial score (nSPS) is 16.6. The Labute approximate surface area is 155 Å². The Kier molecular flexibility index (Phi) is 4.81. The van der Waals surface area contributed by atoms with Crippen molar-refractivity contribution >= 4 is 38.9 Å². The second-order valence-corrected chi connectivity index (χ2v) is 8.01. The maximum absolute atomic E-state index is 13.2. The molecule has 0 aliphatic carbocycles. The van der Waals surface area contributed by atoms with Gasteiger partial charge in [0.15, 0.2) is 0 Å². The first kappa shape index (κ1) is 18.5. The average Bonchev–Trinajstić information content (AvgIpc) is 2.56. The van der Waals surface area contributed by atoms with Gasteiger partial charge in [-0.05, 0) is 43.3 Å². The van der Waals surface area contributed by atoms with Crippen LogP contribution in [0.5, 0.6) is 5.75 Å². The lowest BCUT2D eigenvalue weighted by Gasteiger charge is -2.33. The van der Waals surface area contributed by atoms with Crippen LogP contribution in [0.15, 0.2) is 41.3 Å². The Balaban J connectivity index is 1.97. The Morgan fingerprint density at radius 3 is 2.69 bits per heavy atom. The summed E-state index contributed by atoms with van der Waals surface area (Å²) in [6, 6.07) is 7.77. The minimum Gasteiger partial charge on any atom is -0.487 e. The first-order valence-electron chi connectivity index (χ1n) is 7.74. The van der Waals surface area contributed by atoms with E-state index in [1.807, 2.05) is 6.92 Å². The van der Waals surface area contributed by atoms with Crippen LogP contribution in [0.4, 0.5) is 15.8 Å². The van der Waals surface area contributed by atoms with Crippen molar-refractivity contribution in [2.24, 2.45) is 0 Å². The molecule has 2 aromatic carbocycles. The third-order valence-electron chi connectivity index (χ3n) is 3.85. The maximum Gasteiger partial charge on any atom is 0.261 e. The number of benzene rings is 2. The lowest BCUT2D eigenvalue weighted by Crippen LogP contribution is -2.41. The number of carbonyl (C=O) groups is 1. The molecule has 6 nitrogen and oxygen atoms in total. The second-order valence-electron chi connectivity index (χ2n) is 5.92. The molecule has 1 aliphatic heterocycles. The van der Waals surface area contributed by atoms with Crippen molar-refractivity contribution in [1.82, 2.24) is 0 Å². The van der Waals surface area contributed by atoms with Gasteiger partial charge in [-0.2, -0.15) is 0 Å². The van der Waals surface area contributed by atoms with Crippen molar-refractivity contribution in [2.75, 3.05) is 16.2 Å². The van der Waals surface area contributed by atoms with Crippen LogP contribution in [0, 0.1) is 5.82 Å². The number of hydrogen-bond donors (Lipinski definition) is 1. The summed E-state index contributed by atoms with van der Waals surface area (Å²) in [5.74, 6) is -0.427. The van der Waals surface area contributed by atoms with E-state index in [4.69, 9.17) is 16.3 Å². The van der Waals surface area contributed by atoms with Crippen molar-refractivity contribution in [1.29, 1.82) is 0 Å². The molecular formula is C17H16ClFN2O4S. The van der Waals surface area contributed by atoms with Crippen LogP contribution in [0.2, 0.25) is 5.02 Å². The third-order valence-corrected chi connectivity index (χ3v) is 5.52. The van der Waals surface area contributed by atoms with Gasteiger partial charge in [0.1, 0.15) is 17.7 Å². The topological polar surface area (TPSA) is 75.7 Å². The van der Waals surface area contributed by atoms with E-state index in [9.17, 15) is 17.6 Å². The Bertz CT molecular complexity index is 981. The van der Waals surface area contributed by atoms with Gasteiger partial charge >= 0.3 is 0 Å². The zero-order valence-corrected chi connectivity index (χ0v) is 15.6. The average molecular weight is 399 g/mol. The summed E-state index contributed by atoms with van der Waals surface area (Å²) in [7, 11) is -3.96. The summed E-state index contributed by atoms with van der Waals surface area (Å²) >= 11 is 5.68. The number of nitrogens with zero attached hydrogens (tertiary/aromatic N) is 1. The molecule has 1 atom stereocenters. The van der Waals surface area contributed by atoms with Gasteiger partial charge in [0.25, 0.3) is 10.0 Å². The van der Waals surface area contributed by atoms with Crippen LogP contribution in [-0.2, 0) is 14.8 Å². The highest BCUT2D eigenvalue weighted by molar-refractivity contribution is 7.92. The van der Waals surface area contributed by atoms with Crippen molar-refractivity contribution in [2.45, 2.75) is 24.8 Å². The molecule has 1 unspecified atom stereocenters. The smallest absolute Gasteiger partial charge is 0.261 e. The number of fused-ring (bicyclic) bond motifs is 1. The first-order valence-corrected chi connectivity index (χ1v) is 9.60. The van der Waals surface area contributed by atoms with Crippen LogP contribution in [-0.4, -0.2) is 27.0 Å². The van der Waals surface area contributed by atoms with E-state index in [-0.39, 0.29) is 27.6 Å². The fourth-order valence-electron chi connectivity index (χ4n) is 2.66. The van der Waals surface area contributed by atoms with Gasteiger partial charge in [-0.1, -0.05) is 11.6 Å². The van der Waals surface area contributed by atoms with Crippen LogP contribution in [0.1, 0.15) is 13.8 Å².